The van der Waals surface area contributed by atoms with Crippen LogP contribution in [0.4, 0.5) is 10.7 Å². The second-order valence-electron chi connectivity index (χ2n) is 7.02. The zero-order valence-electron chi connectivity index (χ0n) is 19.9. The van der Waals surface area contributed by atoms with E-state index in [1.165, 1.54) is 0 Å². The lowest BCUT2D eigenvalue weighted by atomic mass is 10.0. The Morgan fingerprint density at radius 3 is 2.50 bits per heavy atom. The van der Waals surface area contributed by atoms with Gasteiger partial charge in [-0.2, -0.15) is 0 Å². The molecular weight excluding hydrogens is 518 g/mol. The van der Waals surface area contributed by atoms with Crippen molar-refractivity contribution in [3.05, 3.63) is 68.8 Å². The largest absolute Gasteiger partial charge is 0.496 e. The number of amides is 2. The third kappa shape index (κ3) is 7.33. The number of anilines is 1. The van der Waals surface area contributed by atoms with Gasteiger partial charge in [-0.25, -0.2) is 14.8 Å². The Labute approximate surface area is 214 Å². The summed E-state index contributed by atoms with van der Waals surface area (Å²) >= 11 is 9.93. The molecule has 0 atom stereocenters. The monoisotopic (exact) mass is 547 g/mol. The summed E-state index contributed by atoms with van der Waals surface area (Å²) in [4.78, 5) is 21.1. The predicted molar refractivity (Wildman–Crippen MR) is 142 cm³/mol. The minimum atomic E-state index is -0.273. The lowest BCUT2D eigenvalue weighted by Gasteiger charge is -2.16. The molecule has 0 aliphatic heterocycles. The van der Waals surface area contributed by atoms with Gasteiger partial charge in [0.25, 0.3) is 0 Å². The molecule has 1 aromatic heterocycles. The fraction of sp³-hybridized carbons (Fsp3) is 0.320. The Balaban J connectivity index is 0.00000199. The van der Waals surface area contributed by atoms with Crippen molar-refractivity contribution in [2.75, 3.05) is 19.4 Å². The minimum Gasteiger partial charge on any atom is -0.496 e. The average molecular weight is 549 g/mol. The Morgan fingerprint density at radius 2 is 1.85 bits per heavy atom. The van der Waals surface area contributed by atoms with Crippen LogP contribution in [0.5, 0.6) is 5.75 Å². The molecule has 0 bridgehead atoms. The molecule has 0 saturated carbocycles. The number of carbonyl (C=O) groups excluding carboxylic acids is 1. The molecule has 1 heterocycles. The van der Waals surface area contributed by atoms with E-state index in [0.717, 1.165) is 22.0 Å². The maximum atomic E-state index is 12.3. The van der Waals surface area contributed by atoms with E-state index in [1.807, 2.05) is 51.1 Å². The first-order valence-corrected chi connectivity index (χ1v) is 12.3. The lowest BCUT2D eigenvalue weighted by Crippen LogP contribution is -2.36. The Bertz CT molecular complexity index is 1100. The molecule has 4 N–H and O–H groups in total. The van der Waals surface area contributed by atoms with Gasteiger partial charge in [0.05, 0.1) is 34.5 Å². The second kappa shape index (κ2) is 13.8. The van der Waals surface area contributed by atoms with E-state index in [1.54, 1.807) is 19.2 Å². The van der Waals surface area contributed by atoms with Crippen LogP contribution in [0.3, 0.4) is 0 Å². The van der Waals surface area contributed by atoms with Crippen molar-refractivity contribution < 1.29 is 9.53 Å². The number of carbonyl (C=O) groups is 1. The summed E-state index contributed by atoms with van der Waals surface area (Å²) in [5, 5.41) is 6.22. The molecule has 0 aliphatic carbocycles. The van der Waals surface area contributed by atoms with Crippen LogP contribution in [0.2, 0.25) is 5.02 Å². The van der Waals surface area contributed by atoms with E-state index in [4.69, 9.17) is 22.1 Å². The van der Waals surface area contributed by atoms with Crippen LogP contribution in [0.15, 0.2) is 46.9 Å². The Hall–Kier alpha value is -2.84. The molecule has 34 heavy (non-hydrogen) atoms. The van der Waals surface area contributed by atoms with Crippen LogP contribution in [-0.4, -0.2) is 29.7 Å². The highest BCUT2D eigenvalue weighted by atomic mass is 79.9. The molecule has 7 nitrogen and oxygen atoms in total. The fourth-order valence-corrected chi connectivity index (χ4v) is 4.24. The van der Waals surface area contributed by atoms with Crippen LogP contribution in [-0.2, 0) is 19.4 Å². The summed E-state index contributed by atoms with van der Waals surface area (Å²) in [6.07, 6.45) is 1.39. The number of hydrogen-bond acceptors (Lipinski definition) is 5. The quantitative estimate of drug-likeness (QED) is 0.331. The van der Waals surface area contributed by atoms with Gasteiger partial charge in [-0.1, -0.05) is 62.7 Å². The molecule has 3 rings (SSSR count). The summed E-state index contributed by atoms with van der Waals surface area (Å²) in [5.41, 5.74) is 9.96. The fourth-order valence-electron chi connectivity index (χ4n) is 3.35. The number of benzene rings is 2. The summed E-state index contributed by atoms with van der Waals surface area (Å²) in [6, 6.07) is 13.3. The van der Waals surface area contributed by atoms with E-state index in [-0.39, 0.29) is 18.5 Å². The molecule has 3 aromatic rings. The highest BCUT2D eigenvalue weighted by molar-refractivity contribution is 9.10. The molecule has 0 fully saturated rings. The second-order valence-corrected chi connectivity index (χ2v) is 8.28. The Morgan fingerprint density at radius 1 is 1.15 bits per heavy atom. The third-order valence-corrected chi connectivity index (χ3v) is 5.85. The third-order valence-electron chi connectivity index (χ3n) is 4.92. The highest BCUT2D eigenvalue weighted by Crippen LogP contribution is 2.38. The summed E-state index contributed by atoms with van der Waals surface area (Å²) in [5.74, 6) is 0.734. The molecule has 0 spiro atoms. The van der Waals surface area contributed by atoms with Crippen molar-refractivity contribution in [3.8, 4) is 17.0 Å². The first kappa shape index (κ1) is 27.4. The van der Waals surface area contributed by atoms with Crippen LogP contribution in [0.25, 0.3) is 11.3 Å². The van der Waals surface area contributed by atoms with Gasteiger partial charge < -0.3 is 21.1 Å². The van der Waals surface area contributed by atoms with E-state index in [9.17, 15) is 4.79 Å². The molecule has 0 aliphatic rings. The van der Waals surface area contributed by atoms with Crippen molar-refractivity contribution in [1.82, 2.24) is 20.6 Å². The number of nitrogens with one attached hydrogen (secondary N) is 2. The van der Waals surface area contributed by atoms with Crippen molar-refractivity contribution >= 4 is 39.5 Å². The SMILES string of the molecule is CC.CCc1c(CNC(=O)NCCc2ccccc2)nc(N)nc1-c1cc(OC)c(Br)cc1Cl. The van der Waals surface area contributed by atoms with E-state index in [2.05, 4.69) is 36.5 Å². The van der Waals surface area contributed by atoms with E-state index >= 15 is 0 Å². The number of rotatable bonds is 8. The maximum Gasteiger partial charge on any atom is 0.315 e. The summed E-state index contributed by atoms with van der Waals surface area (Å²) in [7, 11) is 1.58. The molecule has 2 amide bonds. The van der Waals surface area contributed by atoms with Crippen LogP contribution < -0.4 is 21.1 Å². The zero-order chi connectivity index (χ0) is 25.1. The molecule has 0 saturated heterocycles. The van der Waals surface area contributed by atoms with E-state index < -0.39 is 0 Å². The van der Waals surface area contributed by atoms with Crippen molar-refractivity contribution in [2.45, 2.75) is 40.2 Å². The lowest BCUT2D eigenvalue weighted by molar-refractivity contribution is 0.240. The normalized spacial score (nSPS) is 10.2. The smallest absolute Gasteiger partial charge is 0.315 e. The Kier molecular flexibility index (Phi) is 11.1. The van der Waals surface area contributed by atoms with Gasteiger partial charge in [0.1, 0.15) is 5.75 Å². The number of hydrogen-bond donors (Lipinski definition) is 3. The maximum absolute atomic E-state index is 12.3. The van der Waals surface area contributed by atoms with Gasteiger partial charge in [0.2, 0.25) is 5.95 Å². The minimum absolute atomic E-state index is 0.108. The molecular formula is C25H31BrClN5O2. The first-order chi connectivity index (χ1) is 16.4. The first-order valence-electron chi connectivity index (χ1n) is 11.2. The number of ether oxygens (including phenoxy) is 1. The average Bonchev–Trinajstić information content (AvgIpc) is 2.84. The van der Waals surface area contributed by atoms with Crippen molar-refractivity contribution in [1.29, 1.82) is 0 Å². The van der Waals surface area contributed by atoms with Gasteiger partial charge in [0.15, 0.2) is 0 Å². The van der Waals surface area contributed by atoms with Gasteiger partial charge in [-0.15, -0.1) is 0 Å². The van der Waals surface area contributed by atoms with E-state index in [0.29, 0.717) is 40.7 Å². The van der Waals surface area contributed by atoms with Crippen LogP contribution in [0, 0.1) is 0 Å². The van der Waals surface area contributed by atoms with Crippen molar-refractivity contribution in [3.63, 3.8) is 0 Å². The van der Waals surface area contributed by atoms with Gasteiger partial charge >= 0.3 is 6.03 Å². The number of methoxy groups -OCH3 is 1. The predicted octanol–water partition coefficient (Wildman–Crippen LogP) is 5.78. The summed E-state index contributed by atoms with van der Waals surface area (Å²) in [6.45, 7) is 6.74. The highest BCUT2D eigenvalue weighted by Gasteiger charge is 2.18. The standard InChI is InChI=1S/C23H25BrClN5O2.C2H6/c1-3-15-19(13-28-23(31)27-10-9-14-7-5-4-6-8-14)29-22(26)30-21(15)16-11-20(32-2)17(24)12-18(16)25;1-2/h4-8,11-12H,3,9-10,13H2,1-2H3,(H2,26,29,30)(H2,27,28,31);1-2H3. The molecule has 2 aromatic carbocycles. The number of nitrogens with zero attached hydrogens (tertiary/aromatic N) is 2. The number of halogens is 2. The number of aromatic nitrogens is 2. The van der Waals surface area contributed by atoms with Crippen LogP contribution >= 0.6 is 27.5 Å². The zero-order valence-corrected chi connectivity index (χ0v) is 22.3. The molecule has 0 unspecified atom stereocenters. The van der Waals surface area contributed by atoms with Gasteiger partial charge in [-0.3, -0.25) is 0 Å². The summed E-state index contributed by atoms with van der Waals surface area (Å²) < 4.78 is 6.14. The number of nitrogen functional groups attached to an aromatic ring is 1. The molecule has 9 heteroatoms. The van der Waals surface area contributed by atoms with Gasteiger partial charge in [-0.05, 0) is 46.5 Å². The van der Waals surface area contributed by atoms with Gasteiger partial charge in [0, 0.05) is 17.7 Å². The van der Waals surface area contributed by atoms with Crippen molar-refractivity contribution in [2.24, 2.45) is 0 Å². The van der Waals surface area contributed by atoms with Crippen LogP contribution in [0.1, 0.15) is 37.6 Å². The molecule has 182 valence electrons. The molecule has 0 radical (unpaired) electrons. The number of urea groups is 1. The topological polar surface area (TPSA) is 102 Å². The number of nitrogens with two attached hydrogens (primary N) is 1.